The number of amides is 1. The Kier molecular flexibility index (Phi) is 7.23. The van der Waals surface area contributed by atoms with E-state index in [2.05, 4.69) is 0 Å². The smallest absolute Gasteiger partial charge is 0.266 e. The van der Waals surface area contributed by atoms with Gasteiger partial charge in [-0.15, -0.1) is 0 Å². The molecule has 3 unspecified atom stereocenters. The quantitative estimate of drug-likeness (QED) is 0.263. The maximum absolute atomic E-state index is 13.4. The minimum absolute atomic E-state index is 0.00108. The normalized spacial score (nSPS) is 24.7. The Labute approximate surface area is 215 Å². The number of nitrogens with zero attached hydrogens (tertiary/aromatic N) is 1. The summed E-state index contributed by atoms with van der Waals surface area (Å²) in [4.78, 5) is 15.9. The number of aryl methyl sites for hydroxylation is 1. The molecule has 1 aliphatic heterocycles. The molecule has 35 heavy (non-hydrogen) atoms. The maximum atomic E-state index is 13.4. The monoisotopic (exact) mass is 513 g/mol. The second-order valence-electron chi connectivity index (χ2n) is 9.54. The number of furan rings is 1. The molecular weight excluding hydrogens is 482 g/mol. The third-order valence-electron chi connectivity index (χ3n) is 7.49. The largest absolute Gasteiger partial charge is 0.497 e. The van der Waals surface area contributed by atoms with Gasteiger partial charge in [0, 0.05) is 24.8 Å². The number of carbonyl (C=O) groups excluding carboxylic acids is 1. The summed E-state index contributed by atoms with van der Waals surface area (Å²) in [6.45, 7) is 0.147. The standard InChI is InChI=1S/C27H31NO5S2/c1-31-19-8-9-20(23(14-19)32-2)24-13-18(5-3-4-10-29)22(33-24)15-25-26(30)28(27(34)35-25)21-12-16-6-7-17(21)11-16/h8-9,13-17,21,29H,3-7,10-12H2,1-2H3/b25-15-. The molecule has 1 aromatic heterocycles. The molecule has 2 aromatic rings. The van der Waals surface area contributed by atoms with Crippen LogP contribution in [0.25, 0.3) is 17.4 Å². The highest BCUT2D eigenvalue weighted by atomic mass is 32.2. The van der Waals surface area contributed by atoms with Crippen molar-refractivity contribution in [3.05, 3.63) is 40.5 Å². The van der Waals surface area contributed by atoms with E-state index in [9.17, 15) is 9.90 Å². The molecule has 0 radical (unpaired) electrons. The molecule has 2 heterocycles. The molecule has 1 N–H and O–H groups in total. The number of aliphatic hydroxyl groups excluding tert-OH is 1. The predicted octanol–water partition coefficient (Wildman–Crippen LogP) is 5.67. The van der Waals surface area contributed by atoms with Crippen molar-refractivity contribution in [1.82, 2.24) is 4.90 Å². The van der Waals surface area contributed by atoms with Crippen LogP contribution in [-0.4, -0.2) is 47.1 Å². The van der Waals surface area contributed by atoms with Crippen molar-refractivity contribution in [2.75, 3.05) is 20.8 Å². The van der Waals surface area contributed by atoms with E-state index in [0.29, 0.717) is 44.6 Å². The van der Waals surface area contributed by atoms with Gasteiger partial charge in [0.15, 0.2) is 0 Å². The molecule has 3 aliphatic rings. The number of fused-ring (bicyclic) bond motifs is 2. The summed E-state index contributed by atoms with van der Waals surface area (Å²) < 4.78 is 17.9. The highest BCUT2D eigenvalue weighted by molar-refractivity contribution is 8.26. The molecule has 2 aliphatic carbocycles. The van der Waals surface area contributed by atoms with Gasteiger partial charge >= 0.3 is 0 Å². The van der Waals surface area contributed by atoms with Crippen LogP contribution in [0.1, 0.15) is 49.8 Å². The molecule has 1 aromatic carbocycles. The minimum Gasteiger partial charge on any atom is -0.497 e. The number of ether oxygens (including phenoxy) is 2. The van der Waals surface area contributed by atoms with E-state index in [0.717, 1.165) is 36.3 Å². The number of hydrogen-bond acceptors (Lipinski definition) is 7. The lowest BCUT2D eigenvalue weighted by atomic mass is 9.94. The third-order valence-corrected chi connectivity index (χ3v) is 8.82. The molecular formula is C27H31NO5S2. The van der Waals surface area contributed by atoms with Gasteiger partial charge in [-0.2, -0.15) is 0 Å². The van der Waals surface area contributed by atoms with Gasteiger partial charge in [0.1, 0.15) is 27.3 Å². The number of rotatable bonds is 9. The number of benzene rings is 1. The van der Waals surface area contributed by atoms with Gasteiger partial charge in [0.25, 0.3) is 5.91 Å². The first-order chi connectivity index (χ1) is 17.0. The van der Waals surface area contributed by atoms with E-state index >= 15 is 0 Å². The molecule has 0 spiro atoms. The molecule has 1 amide bonds. The van der Waals surface area contributed by atoms with Gasteiger partial charge in [0.05, 0.1) is 24.7 Å². The zero-order valence-electron chi connectivity index (χ0n) is 20.1. The fourth-order valence-electron chi connectivity index (χ4n) is 5.73. The van der Waals surface area contributed by atoms with Crippen LogP contribution in [0.5, 0.6) is 11.5 Å². The van der Waals surface area contributed by atoms with Gasteiger partial charge < -0.3 is 19.0 Å². The highest BCUT2D eigenvalue weighted by Gasteiger charge is 2.48. The van der Waals surface area contributed by atoms with Crippen LogP contribution in [0.2, 0.25) is 0 Å². The number of thiocarbonyl (C=S) groups is 1. The van der Waals surface area contributed by atoms with E-state index in [4.69, 9.17) is 26.1 Å². The Balaban J connectivity index is 1.46. The lowest BCUT2D eigenvalue weighted by molar-refractivity contribution is -0.124. The first-order valence-electron chi connectivity index (χ1n) is 12.3. The fraction of sp³-hybridized carbons (Fsp3) is 0.481. The van der Waals surface area contributed by atoms with Crippen LogP contribution in [-0.2, 0) is 11.2 Å². The zero-order chi connectivity index (χ0) is 24.5. The van der Waals surface area contributed by atoms with Gasteiger partial charge in [0.2, 0.25) is 0 Å². The van der Waals surface area contributed by atoms with Crippen molar-refractivity contribution < 1.29 is 23.8 Å². The summed E-state index contributed by atoms with van der Waals surface area (Å²) in [5, 5.41) is 9.25. The van der Waals surface area contributed by atoms with Crippen molar-refractivity contribution in [2.24, 2.45) is 11.8 Å². The van der Waals surface area contributed by atoms with Crippen LogP contribution in [0.4, 0.5) is 0 Å². The summed E-state index contributed by atoms with van der Waals surface area (Å²) >= 11 is 7.03. The van der Waals surface area contributed by atoms with Crippen LogP contribution in [0, 0.1) is 11.8 Å². The topological polar surface area (TPSA) is 72.1 Å². The van der Waals surface area contributed by atoms with E-state index in [1.807, 2.05) is 35.2 Å². The molecule has 3 fully saturated rings. The molecule has 6 nitrogen and oxygen atoms in total. The number of carbonyl (C=O) groups is 1. The van der Waals surface area contributed by atoms with Crippen LogP contribution >= 0.6 is 24.0 Å². The van der Waals surface area contributed by atoms with E-state index in [-0.39, 0.29) is 18.6 Å². The lowest BCUT2D eigenvalue weighted by Gasteiger charge is -2.30. The van der Waals surface area contributed by atoms with Crippen LogP contribution < -0.4 is 9.47 Å². The SMILES string of the molecule is COc1ccc(-c2cc(CCCCO)c(/C=C3\SC(=S)N(C4CC5CCC4C5)C3=O)o2)c(OC)c1. The van der Waals surface area contributed by atoms with Gasteiger partial charge in [-0.1, -0.05) is 30.4 Å². The Bertz CT molecular complexity index is 1160. The number of aliphatic hydroxyl groups is 1. The summed E-state index contributed by atoms with van der Waals surface area (Å²) in [6, 6.07) is 7.85. The summed E-state index contributed by atoms with van der Waals surface area (Å²) in [6.07, 6.45) is 8.89. The third kappa shape index (κ3) is 4.76. The Morgan fingerprint density at radius 2 is 2.06 bits per heavy atom. The summed E-state index contributed by atoms with van der Waals surface area (Å²) in [7, 11) is 3.23. The van der Waals surface area contributed by atoms with Crippen molar-refractivity contribution in [2.45, 2.75) is 51.0 Å². The Hall–Kier alpha value is -2.29. The molecule has 2 saturated carbocycles. The van der Waals surface area contributed by atoms with Gasteiger partial charge in [-0.25, -0.2) is 0 Å². The molecule has 3 atom stereocenters. The average molecular weight is 514 g/mol. The fourth-order valence-corrected chi connectivity index (χ4v) is 7.08. The molecule has 1 saturated heterocycles. The Morgan fingerprint density at radius 1 is 1.20 bits per heavy atom. The van der Waals surface area contributed by atoms with Crippen molar-refractivity contribution >= 4 is 40.3 Å². The number of hydrogen-bond donors (Lipinski definition) is 1. The maximum Gasteiger partial charge on any atom is 0.266 e. The minimum atomic E-state index is -0.00108. The highest BCUT2D eigenvalue weighted by Crippen LogP contribution is 2.49. The van der Waals surface area contributed by atoms with E-state index in [1.165, 1.54) is 31.0 Å². The van der Waals surface area contributed by atoms with Crippen molar-refractivity contribution in [3.63, 3.8) is 0 Å². The second-order valence-corrected chi connectivity index (χ2v) is 11.2. The summed E-state index contributed by atoms with van der Waals surface area (Å²) in [5.74, 6) is 3.98. The second kappa shape index (κ2) is 10.4. The summed E-state index contributed by atoms with van der Waals surface area (Å²) in [5.41, 5.74) is 1.81. The number of unbranched alkanes of at least 4 members (excludes halogenated alkanes) is 1. The van der Waals surface area contributed by atoms with Crippen LogP contribution in [0.15, 0.2) is 33.6 Å². The average Bonchev–Trinajstić information content (AvgIpc) is 3.64. The van der Waals surface area contributed by atoms with Gasteiger partial charge in [-0.05, 0) is 74.1 Å². The number of methoxy groups -OCH3 is 2. The van der Waals surface area contributed by atoms with Crippen molar-refractivity contribution in [3.8, 4) is 22.8 Å². The Morgan fingerprint density at radius 3 is 2.74 bits per heavy atom. The van der Waals surface area contributed by atoms with Crippen molar-refractivity contribution in [1.29, 1.82) is 0 Å². The number of thioether (sulfide) groups is 1. The predicted molar refractivity (Wildman–Crippen MR) is 142 cm³/mol. The molecule has 8 heteroatoms. The first kappa shape index (κ1) is 24.4. The zero-order valence-corrected chi connectivity index (χ0v) is 21.8. The van der Waals surface area contributed by atoms with E-state index in [1.54, 1.807) is 14.2 Å². The van der Waals surface area contributed by atoms with E-state index < -0.39 is 0 Å². The molecule has 5 rings (SSSR count). The van der Waals surface area contributed by atoms with Crippen LogP contribution in [0.3, 0.4) is 0 Å². The molecule has 186 valence electrons. The lowest BCUT2D eigenvalue weighted by Crippen LogP contribution is -2.41. The first-order valence-corrected chi connectivity index (χ1v) is 13.5. The molecule has 2 bridgehead atoms. The van der Waals surface area contributed by atoms with Gasteiger partial charge in [-0.3, -0.25) is 9.69 Å².